The molecule has 2 aromatic rings. The molecule has 0 aromatic heterocycles. The number of carbonyl (C=O) groups is 1. The first kappa shape index (κ1) is 17.4. The van der Waals surface area contributed by atoms with E-state index in [4.69, 9.17) is 26.2 Å². The molecular formula is C17H12ClF3O4. The molecule has 2 atom stereocenters. The fourth-order valence-electron chi connectivity index (χ4n) is 2.61. The van der Waals surface area contributed by atoms with Crippen molar-refractivity contribution in [2.45, 2.75) is 18.7 Å². The zero-order chi connectivity index (χ0) is 18.2. The van der Waals surface area contributed by atoms with Crippen LogP contribution in [-0.2, 0) is 11.2 Å². The molecule has 0 spiro atoms. The summed E-state index contributed by atoms with van der Waals surface area (Å²) in [5.74, 6) is -2.81. The molecule has 0 saturated carbocycles. The first-order valence-electron chi connectivity index (χ1n) is 7.27. The number of halogens is 4. The first-order chi connectivity index (χ1) is 11.8. The second-order valence-electron chi connectivity index (χ2n) is 5.53. The van der Waals surface area contributed by atoms with E-state index >= 15 is 0 Å². The van der Waals surface area contributed by atoms with Gasteiger partial charge in [-0.3, -0.25) is 4.79 Å². The number of carboxylic acid groups (broad SMARTS) is 1. The van der Waals surface area contributed by atoms with Crippen molar-refractivity contribution in [2.75, 3.05) is 0 Å². The quantitative estimate of drug-likeness (QED) is 0.848. The van der Waals surface area contributed by atoms with Gasteiger partial charge in [-0.05, 0) is 30.2 Å². The van der Waals surface area contributed by atoms with Crippen molar-refractivity contribution in [3.05, 3.63) is 53.1 Å². The van der Waals surface area contributed by atoms with Crippen molar-refractivity contribution in [3.63, 3.8) is 0 Å². The van der Waals surface area contributed by atoms with Gasteiger partial charge in [0.25, 0.3) is 0 Å². The second-order valence-corrected chi connectivity index (χ2v) is 5.94. The van der Waals surface area contributed by atoms with Crippen LogP contribution in [0.1, 0.15) is 5.56 Å². The minimum atomic E-state index is -4.80. The van der Waals surface area contributed by atoms with Gasteiger partial charge in [0, 0.05) is 6.07 Å². The van der Waals surface area contributed by atoms with E-state index in [1.807, 2.05) is 0 Å². The molecule has 0 amide bonds. The zero-order valence-corrected chi connectivity index (χ0v) is 13.3. The first-order valence-corrected chi connectivity index (χ1v) is 7.65. The lowest BCUT2D eigenvalue weighted by Crippen LogP contribution is -2.47. The number of fused-ring (bicyclic) bond motifs is 1. The maximum Gasteiger partial charge on any atom is 0.426 e. The number of para-hydroxylation sites is 1. The van der Waals surface area contributed by atoms with Crippen LogP contribution >= 0.6 is 11.6 Å². The molecule has 0 saturated heterocycles. The smallest absolute Gasteiger partial charge is 0.426 e. The summed E-state index contributed by atoms with van der Waals surface area (Å²) < 4.78 is 49.9. The number of rotatable bonds is 3. The summed E-state index contributed by atoms with van der Waals surface area (Å²) in [6.07, 6.45) is -7.57. The lowest BCUT2D eigenvalue weighted by molar-refractivity contribution is -0.217. The van der Waals surface area contributed by atoms with Crippen LogP contribution in [0.3, 0.4) is 0 Å². The molecule has 132 valence electrons. The molecule has 0 fully saturated rings. The lowest BCUT2D eigenvalue weighted by atomic mass is 9.90. The van der Waals surface area contributed by atoms with Crippen molar-refractivity contribution in [1.29, 1.82) is 0 Å². The van der Waals surface area contributed by atoms with Crippen LogP contribution in [0.5, 0.6) is 17.2 Å². The Morgan fingerprint density at radius 1 is 1.24 bits per heavy atom. The minimum Gasteiger partial charge on any atom is -0.481 e. The van der Waals surface area contributed by atoms with E-state index in [0.717, 1.165) is 0 Å². The molecule has 4 nitrogen and oxygen atoms in total. The third-order valence-corrected chi connectivity index (χ3v) is 4.08. The summed E-state index contributed by atoms with van der Waals surface area (Å²) in [6, 6.07) is 11.2. The Bertz CT molecular complexity index is 792. The van der Waals surface area contributed by atoms with Crippen molar-refractivity contribution in [1.82, 2.24) is 0 Å². The molecule has 8 heteroatoms. The van der Waals surface area contributed by atoms with Gasteiger partial charge in [0.05, 0.1) is 5.02 Å². The Morgan fingerprint density at radius 3 is 2.52 bits per heavy atom. The molecule has 1 N–H and O–H groups in total. The van der Waals surface area contributed by atoms with E-state index in [9.17, 15) is 18.0 Å². The summed E-state index contributed by atoms with van der Waals surface area (Å²) in [6.45, 7) is 0. The number of hydrogen-bond acceptors (Lipinski definition) is 3. The fraction of sp³-hybridized carbons (Fsp3) is 0.235. The van der Waals surface area contributed by atoms with Gasteiger partial charge in [-0.15, -0.1) is 0 Å². The molecule has 0 aliphatic carbocycles. The molecule has 0 bridgehead atoms. The van der Waals surface area contributed by atoms with Gasteiger partial charge in [-0.1, -0.05) is 29.8 Å². The fourth-order valence-corrected chi connectivity index (χ4v) is 2.84. The molecule has 3 rings (SSSR count). The van der Waals surface area contributed by atoms with E-state index in [2.05, 4.69) is 0 Å². The van der Waals surface area contributed by atoms with Gasteiger partial charge in [0.15, 0.2) is 0 Å². The van der Waals surface area contributed by atoms with E-state index in [0.29, 0.717) is 11.3 Å². The maximum atomic E-state index is 13.1. The maximum absolute atomic E-state index is 13.1. The summed E-state index contributed by atoms with van der Waals surface area (Å²) in [4.78, 5) is 11.2. The average Bonchev–Trinajstić information content (AvgIpc) is 2.54. The minimum absolute atomic E-state index is 0.0878. The monoisotopic (exact) mass is 372 g/mol. The van der Waals surface area contributed by atoms with Gasteiger partial charge in [0.1, 0.15) is 23.2 Å². The Hall–Kier alpha value is -2.41. The molecule has 0 unspecified atom stereocenters. The van der Waals surface area contributed by atoms with Crippen LogP contribution in [0.2, 0.25) is 5.02 Å². The standard InChI is InChI=1S/C17H12ClF3O4/c18-12-7-9-6-11(16(22)23)15(17(19,20)21)25-13(9)8-14(12)24-10-4-2-1-3-5-10/h1-5,7-8,11,15H,6H2,(H,22,23)/t11-,15+/m1/s1. The molecule has 2 aromatic carbocycles. The third-order valence-electron chi connectivity index (χ3n) is 3.79. The highest BCUT2D eigenvalue weighted by molar-refractivity contribution is 6.32. The van der Waals surface area contributed by atoms with Gasteiger partial charge in [-0.2, -0.15) is 13.2 Å². The number of carboxylic acids is 1. The Labute approximate surface area is 145 Å². The highest BCUT2D eigenvalue weighted by atomic mass is 35.5. The summed E-state index contributed by atoms with van der Waals surface area (Å²) in [5, 5.41) is 9.23. The normalized spacial score (nSPS) is 19.7. The number of hydrogen-bond donors (Lipinski definition) is 1. The highest BCUT2D eigenvalue weighted by Gasteiger charge is 2.52. The molecule has 1 aliphatic heterocycles. The van der Waals surface area contributed by atoms with Crippen LogP contribution in [0.25, 0.3) is 0 Å². The average molecular weight is 373 g/mol. The Balaban J connectivity index is 1.96. The van der Waals surface area contributed by atoms with Crippen molar-refractivity contribution in [2.24, 2.45) is 5.92 Å². The number of ether oxygens (including phenoxy) is 2. The molecule has 0 radical (unpaired) electrons. The van der Waals surface area contributed by atoms with Gasteiger partial charge >= 0.3 is 12.1 Å². The van der Waals surface area contributed by atoms with Crippen LogP contribution in [0, 0.1) is 5.92 Å². The molecule has 1 aliphatic rings. The van der Waals surface area contributed by atoms with Gasteiger partial charge < -0.3 is 14.6 Å². The number of alkyl halides is 3. The second kappa shape index (κ2) is 6.48. The molecule has 25 heavy (non-hydrogen) atoms. The van der Waals surface area contributed by atoms with Crippen LogP contribution < -0.4 is 9.47 Å². The van der Waals surface area contributed by atoms with Gasteiger partial charge in [-0.25, -0.2) is 0 Å². The van der Waals surface area contributed by atoms with E-state index in [1.54, 1.807) is 30.3 Å². The van der Waals surface area contributed by atoms with Crippen molar-refractivity contribution < 1.29 is 32.5 Å². The summed E-state index contributed by atoms with van der Waals surface area (Å²) >= 11 is 6.11. The summed E-state index contributed by atoms with van der Waals surface area (Å²) in [5.41, 5.74) is 0.290. The van der Waals surface area contributed by atoms with Crippen LogP contribution in [0.4, 0.5) is 13.2 Å². The van der Waals surface area contributed by atoms with Crippen molar-refractivity contribution in [3.8, 4) is 17.2 Å². The number of aliphatic carboxylic acids is 1. The molecular weight excluding hydrogens is 361 g/mol. The zero-order valence-electron chi connectivity index (χ0n) is 12.6. The third kappa shape index (κ3) is 3.66. The predicted molar refractivity (Wildman–Crippen MR) is 83.3 cm³/mol. The predicted octanol–water partition coefficient (Wildman–Crippen LogP) is 4.70. The van der Waals surface area contributed by atoms with E-state index in [1.165, 1.54) is 12.1 Å². The van der Waals surface area contributed by atoms with Gasteiger partial charge in [0.2, 0.25) is 6.10 Å². The summed E-state index contributed by atoms with van der Waals surface area (Å²) in [7, 11) is 0. The van der Waals surface area contributed by atoms with Crippen molar-refractivity contribution >= 4 is 17.6 Å². The highest BCUT2D eigenvalue weighted by Crippen LogP contribution is 2.43. The lowest BCUT2D eigenvalue weighted by Gasteiger charge is -2.32. The molecule has 1 heterocycles. The Kier molecular flexibility index (Phi) is 4.51. The van der Waals surface area contributed by atoms with E-state index < -0.39 is 24.2 Å². The topological polar surface area (TPSA) is 55.8 Å². The largest absolute Gasteiger partial charge is 0.481 e. The van der Waals surface area contributed by atoms with Crippen LogP contribution in [-0.4, -0.2) is 23.4 Å². The van der Waals surface area contributed by atoms with E-state index in [-0.39, 0.29) is 22.9 Å². The Morgan fingerprint density at radius 2 is 1.92 bits per heavy atom. The SMILES string of the molecule is O=C(O)[C@@H]1Cc2cc(Cl)c(Oc3ccccc3)cc2O[C@@H]1C(F)(F)F. The number of benzene rings is 2. The van der Waals surface area contributed by atoms with Crippen LogP contribution in [0.15, 0.2) is 42.5 Å².